The van der Waals surface area contributed by atoms with Gasteiger partial charge < -0.3 is 15.4 Å². The second kappa shape index (κ2) is 9.52. The highest BCUT2D eigenvalue weighted by molar-refractivity contribution is 5.85. The number of aliphatic hydroxyl groups is 1. The molecule has 2 aliphatic rings. The molecule has 0 amide bonds. The SMILES string of the molecule is O=c1[nH]ccc2cc(Nc3nc(-c4ccc5c(c4)CN(C(O)C4CCC(F)(F)CC4)C5)ncc3F)ccc12. The van der Waals surface area contributed by atoms with Crippen molar-refractivity contribution in [3.05, 3.63) is 82.2 Å². The van der Waals surface area contributed by atoms with E-state index in [-0.39, 0.29) is 30.1 Å². The van der Waals surface area contributed by atoms with Crippen LogP contribution in [0.4, 0.5) is 24.7 Å². The minimum absolute atomic E-state index is 0.00541. The molecule has 1 atom stereocenters. The Balaban J connectivity index is 1.20. The molecule has 0 saturated heterocycles. The molecule has 4 aromatic rings. The van der Waals surface area contributed by atoms with Crippen LogP contribution in [0.2, 0.25) is 0 Å². The Labute approximate surface area is 216 Å². The monoisotopic (exact) mass is 521 g/mol. The van der Waals surface area contributed by atoms with Crippen LogP contribution < -0.4 is 10.9 Å². The molecule has 7 nitrogen and oxygen atoms in total. The number of hydrogen-bond acceptors (Lipinski definition) is 6. The van der Waals surface area contributed by atoms with E-state index in [1.807, 2.05) is 23.1 Å². The summed E-state index contributed by atoms with van der Waals surface area (Å²) in [5, 5.41) is 15.1. The Morgan fingerprint density at radius 2 is 1.87 bits per heavy atom. The molecule has 0 bridgehead atoms. The Kier molecular flexibility index (Phi) is 6.16. The van der Waals surface area contributed by atoms with E-state index < -0.39 is 18.0 Å². The normalized spacial score (nSPS) is 18.4. The van der Waals surface area contributed by atoms with Crippen molar-refractivity contribution >= 4 is 22.3 Å². The Morgan fingerprint density at radius 1 is 1.08 bits per heavy atom. The first-order valence-electron chi connectivity index (χ1n) is 12.6. The molecule has 38 heavy (non-hydrogen) atoms. The minimum Gasteiger partial charge on any atom is -0.378 e. The second-order valence-electron chi connectivity index (χ2n) is 10.1. The molecule has 2 aromatic carbocycles. The maximum absolute atomic E-state index is 14.6. The third kappa shape index (κ3) is 4.77. The molecular weight excluding hydrogens is 495 g/mol. The third-order valence-electron chi connectivity index (χ3n) is 7.55. The molecule has 1 aliphatic heterocycles. The first kappa shape index (κ1) is 24.6. The fourth-order valence-electron chi connectivity index (χ4n) is 5.41. The topological polar surface area (TPSA) is 94.1 Å². The summed E-state index contributed by atoms with van der Waals surface area (Å²) in [6, 6.07) is 12.6. The Morgan fingerprint density at radius 3 is 2.68 bits per heavy atom. The summed E-state index contributed by atoms with van der Waals surface area (Å²) in [6.07, 6.45) is 2.12. The smallest absolute Gasteiger partial charge is 0.255 e. The number of nitrogens with zero attached hydrogens (tertiary/aromatic N) is 3. The summed E-state index contributed by atoms with van der Waals surface area (Å²) in [5.41, 5.74) is 3.11. The number of aromatic nitrogens is 3. The first-order valence-corrected chi connectivity index (χ1v) is 12.6. The van der Waals surface area contributed by atoms with E-state index in [2.05, 4.69) is 20.3 Å². The molecule has 1 unspecified atom stereocenters. The zero-order valence-electron chi connectivity index (χ0n) is 20.4. The van der Waals surface area contributed by atoms with E-state index in [4.69, 9.17) is 0 Å². The van der Waals surface area contributed by atoms with Crippen molar-refractivity contribution in [3.8, 4) is 11.4 Å². The van der Waals surface area contributed by atoms with E-state index in [0.717, 1.165) is 17.3 Å². The number of fused-ring (bicyclic) bond motifs is 2. The van der Waals surface area contributed by atoms with Crippen LogP contribution in [0.25, 0.3) is 22.2 Å². The number of nitrogens with one attached hydrogen (secondary N) is 2. The molecule has 10 heteroatoms. The lowest BCUT2D eigenvalue weighted by molar-refractivity contribution is -0.0994. The lowest BCUT2D eigenvalue weighted by Gasteiger charge is -2.35. The highest BCUT2D eigenvalue weighted by Crippen LogP contribution is 2.39. The van der Waals surface area contributed by atoms with Crippen molar-refractivity contribution in [3.63, 3.8) is 0 Å². The number of rotatable bonds is 5. The summed E-state index contributed by atoms with van der Waals surface area (Å²) in [4.78, 5) is 25.1. The molecule has 1 fully saturated rings. The molecule has 6 rings (SSSR count). The minimum atomic E-state index is -2.63. The molecule has 0 radical (unpaired) electrons. The van der Waals surface area contributed by atoms with Crippen LogP contribution in [0.15, 0.2) is 59.7 Å². The van der Waals surface area contributed by atoms with Crippen molar-refractivity contribution in [2.45, 2.75) is 50.9 Å². The van der Waals surface area contributed by atoms with Crippen molar-refractivity contribution in [1.82, 2.24) is 19.9 Å². The van der Waals surface area contributed by atoms with Gasteiger partial charge in [0.05, 0.1) is 6.20 Å². The van der Waals surface area contributed by atoms with Crippen LogP contribution in [-0.2, 0) is 13.1 Å². The van der Waals surface area contributed by atoms with Crippen LogP contribution in [0.3, 0.4) is 0 Å². The number of aromatic amines is 1. The number of benzene rings is 2. The van der Waals surface area contributed by atoms with Gasteiger partial charge in [0.15, 0.2) is 17.5 Å². The maximum Gasteiger partial charge on any atom is 0.255 e. The van der Waals surface area contributed by atoms with Gasteiger partial charge >= 0.3 is 0 Å². The number of hydrogen-bond donors (Lipinski definition) is 3. The summed E-state index contributed by atoms with van der Waals surface area (Å²) in [7, 11) is 0. The highest BCUT2D eigenvalue weighted by atomic mass is 19.3. The quantitative estimate of drug-likeness (QED) is 0.329. The zero-order valence-corrected chi connectivity index (χ0v) is 20.4. The molecular formula is C28H26F3N5O2. The number of H-pyrrole nitrogens is 1. The van der Waals surface area contributed by atoms with Gasteiger partial charge in [-0.15, -0.1) is 0 Å². The second-order valence-corrected chi connectivity index (χ2v) is 10.1. The fourth-order valence-corrected chi connectivity index (χ4v) is 5.41. The molecule has 196 valence electrons. The molecule has 2 aromatic heterocycles. The zero-order chi connectivity index (χ0) is 26.4. The van der Waals surface area contributed by atoms with Crippen LogP contribution in [0.1, 0.15) is 36.8 Å². The summed E-state index contributed by atoms with van der Waals surface area (Å²) in [6.45, 7) is 1.02. The molecule has 3 N–H and O–H groups in total. The first-order chi connectivity index (χ1) is 18.3. The van der Waals surface area contributed by atoms with Gasteiger partial charge in [-0.25, -0.2) is 23.1 Å². The van der Waals surface area contributed by atoms with E-state index in [1.165, 1.54) is 0 Å². The highest BCUT2D eigenvalue weighted by Gasteiger charge is 2.39. The van der Waals surface area contributed by atoms with E-state index >= 15 is 0 Å². The third-order valence-corrected chi connectivity index (χ3v) is 7.55. The standard InChI is InChI=1S/C28H26F3N5O2/c29-23-13-33-24(35-25(23)34-21-3-4-22-17(12-21)7-10-32-26(22)37)18-1-2-19-14-36(15-20(19)11-18)27(38)16-5-8-28(30,31)9-6-16/h1-4,7,10-13,16,27,38H,5-6,8-9,14-15H2,(H,32,37)(H,33,34,35). The number of aliphatic hydroxyl groups excluding tert-OH is 1. The number of halogens is 3. The lowest BCUT2D eigenvalue weighted by Crippen LogP contribution is -2.40. The fraction of sp³-hybridized carbons (Fsp3) is 0.321. The maximum atomic E-state index is 14.6. The van der Waals surface area contributed by atoms with Gasteiger partial charge in [-0.3, -0.25) is 9.69 Å². The number of pyridine rings is 1. The molecule has 3 heterocycles. The van der Waals surface area contributed by atoms with E-state index in [0.29, 0.717) is 53.8 Å². The average molecular weight is 522 g/mol. The van der Waals surface area contributed by atoms with E-state index in [1.54, 1.807) is 30.5 Å². The number of alkyl halides is 2. The van der Waals surface area contributed by atoms with Crippen LogP contribution >= 0.6 is 0 Å². The van der Waals surface area contributed by atoms with Gasteiger partial charge in [0.1, 0.15) is 6.23 Å². The van der Waals surface area contributed by atoms with E-state index in [9.17, 15) is 23.1 Å². The van der Waals surface area contributed by atoms with Crippen LogP contribution in [0, 0.1) is 11.7 Å². The predicted molar refractivity (Wildman–Crippen MR) is 137 cm³/mol. The molecule has 1 saturated carbocycles. The van der Waals surface area contributed by atoms with Gasteiger partial charge in [0, 0.05) is 48.8 Å². The van der Waals surface area contributed by atoms with Gasteiger partial charge in [-0.2, -0.15) is 0 Å². The van der Waals surface area contributed by atoms with Gasteiger partial charge in [0.2, 0.25) is 5.92 Å². The molecule has 1 aliphatic carbocycles. The van der Waals surface area contributed by atoms with Crippen LogP contribution in [-0.4, -0.2) is 37.1 Å². The Hall–Kier alpha value is -3.76. The average Bonchev–Trinajstić information content (AvgIpc) is 3.33. The van der Waals surface area contributed by atoms with Crippen molar-refractivity contribution in [2.24, 2.45) is 5.92 Å². The lowest BCUT2D eigenvalue weighted by atomic mass is 9.85. The predicted octanol–water partition coefficient (Wildman–Crippen LogP) is 5.33. The Bertz CT molecular complexity index is 1560. The van der Waals surface area contributed by atoms with Crippen LogP contribution in [0.5, 0.6) is 0 Å². The number of anilines is 2. The van der Waals surface area contributed by atoms with Gasteiger partial charge in [0.25, 0.3) is 5.56 Å². The van der Waals surface area contributed by atoms with Gasteiger partial charge in [-0.1, -0.05) is 12.1 Å². The molecule has 0 spiro atoms. The van der Waals surface area contributed by atoms with Gasteiger partial charge in [-0.05, 0) is 65.6 Å². The van der Waals surface area contributed by atoms with Crippen molar-refractivity contribution < 1.29 is 18.3 Å². The summed E-state index contributed by atoms with van der Waals surface area (Å²) < 4.78 is 41.7. The largest absolute Gasteiger partial charge is 0.378 e. The van der Waals surface area contributed by atoms with Crippen molar-refractivity contribution in [2.75, 3.05) is 5.32 Å². The van der Waals surface area contributed by atoms with Crippen molar-refractivity contribution in [1.29, 1.82) is 0 Å². The summed E-state index contributed by atoms with van der Waals surface area (Å²) >= 11 is 0. The summed E-state index contributed by atoms with van der Waals surface area (Å²) in [5.74, 6) is -3.08.